The van der Waals surface area contributed by atoms with E-state index in [0.717, 1.165) is 23.0 Å². The predicted octanol–water partition coefficient (Wildman–Crippen LogP) is 2.34. The lowest BCUT2D eigenvalue weighted by Gasteiger charge is -2.08. The SMILES string of the molecule is CCn1c(C(=O)Nc2ncn[nH]2)c(C)c2ccccc21. The molecule has 6 heteroatoms. The first-order chi connectivity index (χ1) is 9.72. The number of H-pyrrole nitrogens is 1. The van der Waals surface area contributed by atoms with Crippen LogP contribution in [-0.2, 0) is 6.54 Å². The molecule has 20 heavy (non-hydrogen) atoms. The maximum Gasteiger partial charge on any atom is 0.274 e. The molecule has 0 atom stereocenters. The van der Waals surface area contributed by atoms with Crippen LogP contribution in [0.3, 0.4) is 0 Å². The van der Waals surface area contributed by atoms with Crippen molar-refractivity contribution in [2.24, 2.45) is 0 Å². The second-order valence-corrected chi connectivity index (χ2v) is 4.52. The molecule has 0 fully saturated rings. The van der Waals surface area contributed by atoms with Gasteiger partial charge in [0, 0.05) is 17.4 Å². The van der Waals surface area contributed by atoms with Crippen molar-refractivity contribution in [2.75, 3.05) is 5.32 Å². The molecule has 102 valence electrons. The minimum absolute atomic E-state index is 0.183. The monoisotopic (exact) mass is 269 g/mol. The van der Waals surface area contributed by atoms with E-state index in [2.05, 4.69) is 20.5 Å². The summed E-state index contributed by atoms with van der Waals surface area (Å²) in [6.07, 6.45) is 1.36. The van der Waals surface area contributed by atoms with Crippen molar-refractivity contribution in [2.45, 2.75) is 20.4 Å². The maximum atomic E-state index is 12.5. The molecule has 0 unspecified atom stereocenters. The Labute approximate surface area is 115 Å². The summed E-state index contributed by atoms with van der Waals surface area (Å²) >= 11 is 0. The topological polar surface area (TPSA) is 75.6 Å². The van der Waals surface area contributed by atoms with Crippen molar-refractivity contribution in [1.82, 2.24) is 19.7 Å². The average Bonchev–Trinajstić information content (AvgIpc) is 3.05. The van der Waals surface area contributed by atoms with Gasteiger partial charge in [0.15, 0.2) is 0 Å². The van der Waals surface area contributed by atoms with Crippen molar-refractivity contribution >= 4 is 22.8 Å². The van der Waals surface area contributed by atoms with Crippen LogP contribution in [0.25, 0.3) is 10.9 Å². The highest BCUT2D eigenvalue weighted by molar-refractivity contribution is 6.07. The maximum absolute atomic E-state index is 12.5. The third kappa shape index (κ3) is 1.85. The summed E-state index contributed by atoms with van der Waals surface area (Å²) in [5.74, 6) is 0.166. The van der Waals surface area contributed by atoms with Crippen LogP contribution < -0.4 is 5.32 Å². The Morgan fingerprint density at radius 1 is 1.40 bits per heavy atom. The minimum Gasteiger partial charge on any atom is -0.337 e. The number of fused-ring (bicyclic) bond motifs is 1. The molecule has 0 aliphatic rings. The lowest BCUT2D eigenvalue weighted by atomic mass is 10.1. The number of nitrogens with one attached hydrogen (secondary N) is 2. The molecule has 0 radical (unpaired) electrons. The van der Waals surface area contributed by atoms with Crippen LogP contribution in [0.5, 0.6) is 0 Å². The van der Waals surface area contributed by atoms with Gasteiger partial charge >= 0.3 is 0 Å². The van der Waals surface area contributed by atoms with Gasteiger partial charge in [-0.2, -0.15) is 10.1 Å². The van der Waals surface area contributed by atoms with E-state index in [1.165, 1.54) is 6.33 Å². The van der Waals surface area contributed by atoms with Crippen LogP contribution in [-0.4, -0.2) is 25.7 Å². The number of aromatic amines is 1. The fraction of sp³-hybridized carbons (Fsp3) is 0.214. The molecule has 1 aromatic carbocycles. The first-order valence-electron chi connectivity index (χ1n) is 6.47. The number of hydrogen-bond acceptors (Lipinski definition) is 3. The Kier molecular flexibility index (Phi) is 2.98. The smallest absolute Gasteiger partial charge is 0.274 e. The van der Waals surface area contributed by atoms with Crippen molar-refractivity contribution in [3.63, 3.8) is 0 Å². The van der Waals surface area contributed by atoms with Gasteiger partial charge in [-0.3, -0.25) is 10.1 Å². The number of benzene rings is 1. The number of amides is 1. The zero-order valence-corrected chi connectivity index (χ0v) is 11.3. The second-order valence-electron chi connectivity index (χ2n) is 4.52. The molecule has 0 saturated carbocycles. The lowest BCUT2D eigenvalue weighted by molar-refractivity contribution is 0.101. The van der Waals surface area contributed by atoms with E-state index in [9.17, 15) is 4.79 Å². The van der Waals surface area contributed by atoms with Crippen LogP contribution in [0.15, 0.2) is 30.6 Å². The summed E-state index contributed by atoms with van der Waals surface area (Å²) in [5, 5.41) is 10.2. The quantitative estimate of drug-likeness (QED) is 0.766. The van der Waals surface area contributed by atoms with Gasteiger partial charge in [-0.05, 0) is 25.5 Å². The summed E-state index contributed by atoms with van der Waals surface area (Å²) in [6, 6.07) is 8.01. The zero-order chi connectivity index (χ0) is 14.1. The molecular formula is C14H15N5O. The Bertz CT molecular complexity index is 757. The highest BCUT2D eigenvalue weighted by atomic mass is 16.2. The summed E-state index contributed by atoms with van der Waals surface area (Å²) < 4.78 is 2.01. The molecule has 6 nitrogen and oxygen atoms in total. The van der Waals surface area contributed by atoms with Crippen LogP contribution in [0.2, 0.25) is 0 Å². The first kappa shape index (κ1) is 12.4. The number of aryl methyl sites for hydroxylation is 2. The van der Waals surface area contributed by atoms with Crippen LogP contribution >= 0.6 is 0 Å². The molecule has 0 aliphatic heterocycles. The number of hydrogen-bond donors (Lipinski definition) is 2. The minimum atomic E-state index is -0.183. The fourth-order valence-electron chi connectivity index (χ4n) is 2.53. The van der Waals surface area contributed by atoms with E-state index in [-0.39, 0.29) is 5.91 Å². The van der Waals surface area contributed by atoms with Gasteiger partial charge in [0.1, 0.15) is 12.0 Å². The van der Waals surface area contributed by atoms with Crippen molar-refractivity contribution in [1.29, 1.82) is 0 Å². The second kappa shape index (κ2) is 4.80. The average molecular weight is 269 g/mol. The molecular weight excluding hydrogens is 254 g/mol. The normalized spacial score (nSPS) is 10.9. The van der Waals surface area contributed by atoms with Crippen molar-refractivity contribution in [3.8, 4) is 0 Å². The highest BCUT2D eigenvalue weighted by Gasteiger charge is 2.19. The number of anilines is 1. The Morgan fingerprint density at radius 3 is 2.90 bits per heavy atom. The molecule has 0 spiro atoms. The summed E-state index contributed by atoms with van der Waals surface area (Å²) in [7, 11) is 0. The molecule has 0 aliphatic carbocycles. The third-order valence-electron chi connectivity index (χ3n) is 3.40. The number of carbonyl (C=O) groups excluding carboxylic acids is 1. The molecule has 2 aromatic heterocycles. The summed E-state index contributed by atoms with van der Waals surface area (Å²) in [5.41, 5.74) is 2.69. The lowest BCUT2D eigenvalue weighted by Crippen LogP contribution is -2.18. The summed E-state index contributed by atoms with van der Waals surface area (Å²) in [4.78, 5) is 16.4. The van der Waals surface area contributed by atoms with E-state index in [0.29, 0.717) is 11.6 Å². The van der Waals surface area contributed by atoms with Gasteiger partial charge in [0.25, 0.3) is 5.91 Å². The standard InChI is InChI=1S/C14H15N5O/c1-3-19-11-7-5-4-6-10(11)9(2)12(19)13(20)17-14-15-8-16-18-14/h4-8H,3H2,1-2H3,(H2,15,16,17,18,20). The Balaban J connectivity index is 2.10. The summed E-state index contributed by atoms with van der Waals surface area (Å²) in [6.45, 7) is 4.72. The first-order valence-corrected chi connectivity index (χ1v) is 6.47. The van der Waals surface area contributed by atoms with E-state index in [1.54, 1.807) is 0 Å². The zero-order valence-electron chi connectivity index (χ0n) is 11.3. The van der Waals surface area contributed by atoms with Crippen molar-refractivity contribution < 1.29 is 4.79 Å². The molecule has 3 rings (SSSR count). The number of carbonyl (C=O) groups is 1. The van der Waals surface area contributed by atoms with Gasteiger partial charge in [-0.1, -0.05) is 18.2 Å². The number of nitrogens with zero attached hydrogens (tertiary/aromatic N) is 3. The van der Waals surface area contributed by atoms with Gasteiger partial charge < -0.3 is 4.57 Å². The fourth-order valence-corrected chi connectivity index (χ4v) is 2.53. The molecule has 0 saturated heterocycles. The van der Waals surface area contributed by atoms with E-state index in [4.69, 9.17) is 0 Å². The molecule has 2 heterocycles. The van der Waals surface area contributed by atoms with Crippen LogP contribution in [0, 0.1) is 6.92 Å². The highest BCUT2D eigenvalue weighted by Crippen LogP contribution is 2.25. The molecule has 1 amide bonds. The van der Waals surface area contributed by atoms with E-state index in [1.807, 2.05) is 42.7 Å². The van der Waals surface area contributed by atoms with Gasteiger partial charge in [-0.25, -0.2) is 5.10 Å². The van der Waals surface area contributed by atoms with Crippen LogP contribution in [0.1, 0.15) is 23.0 Å². The molecule has 3 aromatic rings. The largest absolute Gasteiger partial charge is 0.337 e. The van der Waals surface area contributed by atoms with E-state index >= 15 is 0 Å². The molecule has 0 bridgehead atoms. The van der Waals surface area contributed by atoms with Gasteiger partial charge in [-0.15, -0.1) is 0 Å². The Hall–Kier alpha value is -2.63. The number of aromatic nitrogens is 4. The van der Waals surface area contributed by atoms with Crippen LogP contribution in [0.4, 0.5) is 5.95 Å². The van der Waals surface area contributed by atoms with Gasteiger partial charge in [0.2, 0.25) is 5.95 Å². The Morgan fingerprint density at radius 2 is 2.20 bits per heavy atom. The van der Waals surface area contributed by atoms with Gasteiger partial charge in [0.05, 0.1) is 0 Å². The number of rotatable bonds is 3. The van der Waals surface area contributed by atoms with E-state index < -0.39 is 0 Å². The third-order valence-corrected chi connectivity index (χ3v) is 3.40. The number of para-hydroxylation sites is 1. The predicted molar refractivity (Wildman–Crippen MR) is 76.7 cm³/mol. The van der Waals surface area contributed by atoms with Crippen molar-refractivity contribution in [3.05, 3.63) is 41.9 Å². The molecule has 2 N–H and O–H groups in total.